The number of amides is 1. The summed E-state index contributed by atoms with van der Waals surface area (Å²) in [6.45, 7) is 1.03. The van der Waals surface area contributed by atoms with Crippen molar-refractivity contribution >= 4 is 22.5 Å². The highest BCUT2D eigenvalue weighted by molar-refractivity contribution is 5.96. The van der Waals surface area contributed by atoms with Crippen LogP contribution in [0.25, 0.3) is 22.3 Å². The molecular formula is C24H24N4O2. The monoisotopic (exact) mass is 400 g/mol. The van der Waals surface area contributed by atoms with E-state index in [4.69, 9.17) is 4.74 Å². The number of H-pyrrole nitrogens is 1. The molecule has 3 heterocycles. The number of rotatable bonds is 5. The number of fused-ring (bicyclic) bond motifs is 2. The summed E-state index contributed by atoms with van der Waals surface area (Å²) in [7, 11) is 1.64. The fourth-order valence-corrected chi connectivity index (χ4v) is 4.18. The molecule has 6 heteroatoms. The molecular weight excluding hydrogens is 376 g/mol. The highest BCUT2D eigenvalue weighted by Gasteiger charge is 2.15. The lowest BCUT2D eigenvalue weighted by atomic mass is 10.1. The van der Waals surface area contributed by atoms with Gasteiger partial charge in [-0.3, -0.25) is 4.79 Å². The van der Waals surface area contributed by atoms with Crippen molar-refractivity contribution in [2.45, 2.75) is 32.2 Å². The van der Waals surface area contributed by atoms with Gasteiger partial charge in [-0.15, -0.1) is 0 Å². The van der Waals surface area contributed by atoms with E-state index in [1.54, 1.807) is 7.11 Å². The smallest absolute Gasteiger partial charge is 0.228 e. The van der Waals surface area contributed by atoms with Crippen LogP contribution < -0.4 is 10.1 Å². The van der Waals surface area contributed by atoms with Gasteiger partial charge in [0.15, 0.2) is 0 Å². The molecule has 0 fully saturated rings. The van der Waals surface area contributed by atoms with E-state index in [0.29, 0.717) is 6.42 Å². The maximum Gasteiger partial charge on any atom is 0.228 e. The molecule has 0 saturated heterocycles. The van der Waals surface area contributed by atoms with Crippen molar-refractivity contribution < 1.29 is 9.53 Å². The number of aromatic nitrogens is 3. The fourth-order valence-electron chi connectivity index (χ4n) is 4.18. The lowest BCUT2D eigenvalue weighted by molar-refractivity contribution is -0.115. The normalized spacial score (nSPS) is 13.2. The molecule has 0 radical (unpaired) electrons. The van der Waals surface area contributed by atoms with E-state index in [9.17, 15) is 4.79 Å². The number of nitrogens with one attached hydrogen (secondary N) is 2. The standard InChI is InChI=1S/C24H24N4O2/c1-30-20-9-10-22-21(13-20)17(14-25-22)12-23(29)27-18-7-5-16(6-8-18)24-26-15-19-4-2-3-11-28(19)24/h5-10,13-15,25H,2-4,11-12H2,1H3,(H,27,29). The summed E-state index contributed by atoms with van der Waals surface area (Å²) in [6, 6.07) is 13.7. The molecule has 152 valence electrons. The number of hydrogen-bond acceptors (Lipinski definition) is 3. The first-order chi connectivity index (χ1) is 14.7. The fraction of sp³-hybridized carbons (Fsp3) is 0.250. The van der Waals surface area contributed by atoms with Crippen molar-refractivity contribution in [2.75, 3.05) is 12.4 Å². The third-order valence-corrected chi connectivity index (χ3v) is 5.76. The number of methoxy groups -OCH3 is 1. The number of aryl methyl sites for hydroxylation is 1. The predicted molar refractivity (Wildman–Crippen MR) is 118 cm³/mol. The first-order valence-electron chi connectivity index (χ1n) is 10.3. The molecule has 2 aromatic carbocycles. The van der Waals surface area contributed by atoms with E-state index in [0.717, 1.165) is 52.3 Å². The summed E-state index contributed by atoms with van der Waals surface area (Å²) >= 11 is 0. The molecule has 5 rings (SSSR count). The topological polar surface area (TPSA) is 71.9 Å². The molecule has 1 aliphatic heterocycles. The first kappa shape index (κ1) is 18.5. The van der Waals surface area contributed by atoms with Crippen molar-refractivity contribution in [2.24, 2.45) is 0 Å². The third kappa shape index (κ3) is 3.45. The zero-order valence-electron chi connectivity index (χ0n) is 16.9. The van der Waals surface area contributed by atoms with Gasteiger partial charge in [0.05, 0.1) is 13.5 Å². The van der Waals surface area contributed by atoms with Crippen molar-refractivity contribution in [1.82, 2.24) is 14.5 Å². The minimum atomic E-state index is -0.0512. The molecule has 0 atom stereocenters. The van der Waals surface area contributed by atoms with Crippen LogP contribution in [-0.4, -0.2) is 27.6 Å². The zero-order chi connectivity index (χ0) is 20.5. The van der Waals surface area contributed by atoms with Gasteiger partial charge in [0.1, 0.15) is 11.6 Å². The van der Waals surface area contributed by atoms with Gasteiger partial charge in [0.25, 0.3) is 0 Å². The van der Waals surface area contributed by atoms with Crippen LogP contribution in [0.15, 0.2) is 54.9 Å². The molecule has 1 amide bonds. The second kappa shape index (κ2) is 7.71. The van der Waals surface area contributed by atoms with Crippen LogP contribution in [-0.2, 0) is 24.2 Å². The lowest BCUT2D eigenvalue weighted by Crippen LogP contribution is -2.14. The van der Waals surface area contributed by atoms with Crippen molar-refractivity contribution in [3.8, 4) is 17.1 Å². The molecule has 4 aromatic rings. The molecule has 2 aromatic heterocycles. The molecule has 0 saturated carbocycles. The Balaban J connectivity index is 1.29. The Bertz CT molecular complexity index is 1200. The van der Waals surface area contributed by atoms with Gasteiger partial charge in [0.2, 0.25) is 5.91 Å². The van der Waals surface area contributed by atoms with Gasteiger partial charge >= 0.3 is 0 Å². The number of benzene rings is 2. The van der Waals surface area contributed by atoms with Crippen LogP contribution >= 0.6 is 0 Å². The van der Waals surface area contributed by atoms with Gasteiger partial charge in [0, 0.05) is 46.8 Å². The molecule has 6 nitrogen and oxygen atoms in total. The van der Waals surface area contributed by atoms with Gasteiger partial charge in [-0.1, -0.05) is 0 Å². The van der Waals surface area contributed by atoms with Crippen LogP contribution in [0.3, 0.4) is 0 Å². The van der Waals surface area contributed by atoms with Gasteiger partial charge in [-0.25, -0.2) is 4.98 Å². The number of aromatic amines is 1. The molecule has 0 bridgehead atoms. The number of hydrogen-bond donors (Lipinski definition) is 2. The van der Waals surface area contributed by atoms with Crippen LogP contribution in [0.1, 0.15) is 24.1 Å². The molecule has 0 spiro atoms. The van der Waals surface area contributed by atoms with E-state index < -0.39 is 0 Å². The van der Waals surface area contributed by atoms with Crippen LogP contribution in [0.4, 0.5) is 5.69 Å². The number of imidazole rings is 1. The third-order valence-electron chi connectivity index (χ3n) is 5.76. The van der Waals surface area contributed by atoms with Crippen LogP contribution in [0.2, 0.25) is 0 Å². The maximum atomic E-state index is 12.6. The Labute approximate surface area is 174 Å². The number of ether oxygens (including phenoxy) is 1. The summed E-state index contributed by atoms with van der Waals surface area (Å²) in [5.74, 6) is 1.74. The van der Waals surface area contributed by atoms with Crippen molar-refractivity contribution in [3.63, 3.8) is 0 Å². The van der Waals surface area contributed by atoms with E-state index in [1.807, 2.05) is 54.9 Å². The van der Waals surface area contributed by atoms with E-state index in [2.05, 4.69) is 19.9 Å². The highest BCUT2D eigenvalue weighted by Crippen LogP contribution is 2.26. The number of anilines is 1. The largest absolute Gasteiger partial charge is 0.497 e. The Morgan fingerprint density at radius 3 is 2.90 bits per heavy atom. The summed E-state index contributed by atoms with van der Waals surface area (Å²) in [4.78, 5) is 20.4. The lowest BCUT2D eigenvalue weighted by Gasteiger charge is -2.16. The van der Waals surface area contributed by atoms with E-state index in [-0.39, 0.29) is 5.91 Å². The van der Waals surface area contributed by atoms with Crippen molar-refractivity contribution in [3.05, 3.63) is 66.1 Å². The quantitative estimate of drug-likeness (QED) is 0.516. The molecule has 0 unspecified atom stereocenters. The second-order valence-electron chi connectivity index (χ2n) is 7.71. The predicted octanol–water partition coefficient (Wildman–Crippen LogP) is 4.56. The second-order valence-corrected chi connectivity index (χ2v) is 7.71. The number of carbonyl (C=O) groups is 1. The maximum absolute atomic E-state index is 12.6. The SMILES string of the molecule is COc1ccc2[nH]cc(CC(=O)Nc3ccc(-c4ncc5n4CCCC5)cc3)c2c1. The Morgan fingerprint density at radius 1 is 1.20 bits per heavy atom. The average molecular weight is 400 g/mol. The molecule has 30 heavy (non-hydrogen) atoms. The average Bonchev–Trinajstić information content (AvgIpc) is 3.38. The molecule has 0 aliphatic carbocycles. The Morgan fingerprint density at radius 2 is 2.07 bits per heavy atom. The van der Waals surface area contributed by atoms with Crippen molar-refractivity contribution in [1.29, 1.82) is 0 Å². The number of carbonyl (C=O) groups excluding carboxylic acids is 1. The summed E-state index contributed by atoms with van der Waals surface area (Å²) in [5, 5.41) is 4.00. The van der Waals surface area contributed by atoms with Crippen LogP contribution in [0.5, 0.6) is 5.75 Å². The first-order valence-corrected chi connectivity index (χ1v) is 10.3. The molecule has 1 aliphatic rings. The summed E-state index contributed by atoms with van der Waals surface area (Å²) < 4.78 is 7.61. The van der Waals surface area contributed by atoms with E-state index in [1.165, 1.54) is 18.5 Å². The Hall–Kier alpha value is -3.54. The van der Waals surface area contributed by atoms with Gasteiger partial charge in [-0.2, -0.15) is 0 Å². The number of nitrogens with zero attached hydrogens (tertiary/aromatic N) is 2. The summed E-state index contributed by atoms with van der Waals surface area (Å²) in [6.07, 6.45) is 7.70. The minimum absolute atomic E-state index is 0.0512. The van der Waals surface area contributed by atoms with Gasteiger partial charge in [-0.05, 0) is 67.3 Å². The zero-order valence-corrected chi connectivity index (χ0v) is 16.9. The van der Waals surface area contributed by atoms with E-state index >= 15 is 0 Å². The Kier molecular flexibility index (Phi) is 4.75. The highest BCUT2D eigenvalue weighted by atomic mass is 16.5. The molecule has 2 N–H and O–H groups in total. The van der Waals surface area contributed by atoms with Gasteiger partial charge < -0.3 is 19.6 Å². The summed E-state index contributed by atoms with van der Waals surface area (Å²) in [5.41, 5.74) is 5.11. The van der Waals surface area contributed by atoms with Crippen LogP contribution in [0, 0.1) is 0 Å². The minimum Gasteiger partial charge on any atom is -0.497 e.